The van der Waals surface area contributed by atoms with Gasteiger partial charge in [-0.1, -0.05) is 23.7 Å². The molecule has 1 aromatic carbocycles. The fourth-order valence-electron chi connectivity index (χ4n) is 0.709. The molecule has 0 saturated heterocycles. The van der Waals surface area contributed by atoms with Gasteiger partial charge in [0, 0.05) is 0 Å². The number of rotatable bonds is 3. The van der Waals surface area contributed by atoms with Gasteiger partial charge in [-0.15, -0.1) is 0 Å². The second-order valence-electron chi connectivity index (χ2n) is 2.35. The molecule has 0 saturated carbocycles. The van der Waals surface area contributed by atoms with E-state index in [1.54, 1.807) is 0 Å². The van der Waals surface area contributed by atoms with Crippen molar-refractivity contribution in [2.75, 3.05) is 0 Å². The number of carboxylic acid groups (broad SMARTS) is 1. The molecule has 0 spiro atoms. The normalized spacial score (nSPS) is 11.1. The Morgan fingerprint density at radius 1 is 1.43 bits per heavy atom. The van der Waals surface area contributed by atoms with Gasteiger partial charge < -0.3 is 9.84 Å². The van der Waals surface area contributed by atoms with Crippen LogP contribution in [0.15, 0.2) is 24.3 Å². The lowest BCUT2D eigenvalue weighted by atomic mass is 10.3. The molecule has 0 atom stereocenters. The van der Waals surface area contributed by atoms with Crippen molar-refractivity contribution in [1.29, 1.82) is 0 Å². The topological polar surface area (TPSA) is 46.5 Å². The quantitative estimate of drug-likeness (QED) is 0.854. The molecule has 76 valence electrons. The van der Waals surface area contributed by atoms with Gasteiger partial charge in [-0.3, -0.25) is 0 Å². The maximum atomic E-state index is 12.5. The summed E-state index contributed by atoms with van der Waals surface area (Å²) in [4.78, 5) is 10.0. The summed E-state index contributed by atoms with van der Waals surface area (Å²) < 4.78 is 29.0. The monoisotopic (exact) mass is 222 g/mol. The third kappa shape index (κ3) is 2.32. The van der Waals surface area contributed by atoms with E-state index in [9.17, 15) is 13.6 Å². The second kappa shape index (κ2) is 3.79. The first-order valence-electron chi connectivity index (χ1n) is 3.48. The van der Waals surface area contributed by atoms with Crippen molar-refractivity contribution >= 4 is 17.6 Å². The molecule has 3 nitrogen and oxygen atoms in total. The van der Waals surface area contributed by atoms with E-state index in [0.717, 1.165) is 6.07 Å². The van der Waals surface area contributed by atoms with Crippen LogP contribution in [0.5, 0.6) is 5.75 Å². The zero-order chi connectivity index (χ0) is 10.8. The van der Waals surface area contributed by atoms with Gasteiger partial charge in [0.1, 0.15) is 5.75 Å². The van der Waals surface area contributed by atoms with E-state index in [2.05, 4.69) is 4.74 Å². The Morgan fingerprint density at radius 3 is 2.50 bits per heavy atom. The molecule has 6 heteroatoms. The molecule has 0 fully saturated rings. The summed E-state index contributed by atoms with van der Waals surface area (Å²) in [5.74, 6) is -2.74. The Bertz CT molecular complexity index is 354. The van der Waals surface area contributed by atoms with Crippen molar-refractivity contribution in [3.63, 3.8) is 0 Å². The third-order valence-electron chi connectivity index (χ3n) is 1.32. The van der Waals surface area contributed by atoms with Gasteiger partial charge in [0.15, 0.2) is 0 Å². The molecule has 0 bridgehead atoms. The summed E-state index contributed by atoms with van der Waals surface area (Å²) in [6.45, 7) is 0. The predicted octanol–water partition coefficient (Wildman–Crippen LogP) is 2.40. The van der Waals surface area contributed by atoms with Gasteiger partial charge in [0.2, 0.25) is 0 Å². The lowest BCUT2D eigenvalue weighted by molar-refractivity contribution is -0.210. The molecule has 0 amide bonds. The highest BCUT2D eigenvalue weighted by atomic mass is 35.5. The SMILES string of the molecule is O=C(O)C(F)(F)Oc1ccccc1Cl. The molecule has 0 aliphatic rings. The van der Waals surface area contributed by atoms with Crippen LogP contribution >= 0.6 is 11.6 Å². The summed E-state index contributed by atoms with van der Waals surface area (Å²) in [5, 5.41) is 8.00. The minimum absolute atomic E-state index is 0.0755. The molecule has 1 N–H and O–H groups in total. The number of carboxylic acids is 1. The number of aliphatic carboxylic acids is 1. The average molecular weight is 223 g/mol. The Kier molecular flexibility index (Phi) is 2.90. The lowest BCUT2D eigenvalue weighted by Crippen LogP contribution is -2.34. The second-order valence-corrected chi connectivity index (χ2v) is 2.76. The average Bonchev–Trinajstić information content (AvgIpc) is 2.08. The van der Waals surface area contributed by atoms with E-state index in [1.165, 1.54) is 18.2 Å². The standard InChI is InChI=1S/C8H5ClF2O3/c9-5-3-1-2-4-6(5)14-8(10,11)7(12)13/h1-4H,(H,12,13). The van der Waals surface area contributed by atoms with Gasteiger partial charge in [0.25, 0.3) is 0 Å². The van der Waals surface area contributed by atoms with Crippen molar-refractivity contribution in [2.45, 2.75) is 6.11 Å². The van der Waals surface area contributed by atoms with Crippen LogP contribution in [0.4, 0.5) is 8.78 Å². The van der Waals surface area contributed by atoms with Crippen molar-refractivity contribution in [3.8, 4) is 5.75 Å². The number of hydrogen-bond donors (Lipinski definition) is 1. The molecule has 0 aromatic heterocycles. The van der Waals surface area contributed by atoms with Gasteiger partial charge in [0.05, 0.1) is 5.02 Å². The van der Waals surface area contributed by atoms with Crippen LogP contribution in [0, 0.1) is 0 Å². The van der Waals surface area contributed by atoms with Crippen molar-refractivity contribution in [2.24, 2.45) is 0 Å². The van der Waals surface area contributed by atoms with Crippen LogP contribution in [0.3, 0.4) is 0 Å². The van der Waals surface area contributed by atoms with Crippen LogP contribution in [0.2, 0.25) is 5.02 Å². The third-order valence-corrected chi connectivity index (χ3v) is 1.64. The van der Waals surface area contributed by atoms with E-state index >= 15 is 0 Å². The lowest BCUT2D eigenvalue weighted by Gasteiger charge is -2.13. The Balaban J connectivity index is 2.89. The summed E-state index contributed by atoms with van der Waals surface area (Å²) in [6, 6.07) is 5.38. The van der Waals surface area contributed by atoms with Crippen molar-refractivity contribution in [3.05, 3.63) is 29.3 Å². The molecule has 0 heterocycles. The minimum atomic E-state index is -4.27. The smallest absolute Gasteiger partial charge is 0.474 e. The van der Waals surface area contributed by atoms with Gasteiger partial charge in [-0.2, -0.15) is 8.78 Å². The molecule has 0 unspecified atom stereocenters. The number of benzene rings is 1. The molecular formula is C8H5ClF2O3. The summed E-state index contributed by atoms with van der Waals surface area (Å²) in [5.41, 5.74) is 0. The van der Waals surface area contributed by atoms with E-state index in [-0.39, 0.29) is 10.8 Å². The van der Waals surface area contributed by atoms with E-state index in [1.807, 2.05) is 0 Å². The number of ether oxygens (including phenoxy) is 1. The summed E-state index contributed by atoms with van der Waals surface area (Å²) >= 11 is 5.48. The highest BCUT2D eigenvalue weighted by Crippen LogP contribution is 2.28. The zero-order valence-electron chi connectivity index (χ0n) is 6.71. The molecular weight excluding hydrogens is 218 g/mol. The number of carbonyl (C=O) groups is 1. The van der Waals surface area contributed by atoms with Gasteiger partial charge >= 0.3 is 12.1 Å². The Labute approximate surface area is 82.9 Å². The number of alkyl halides is 2. The van der Waals surface area contributed by atoms with Crippen LogP contribution in [0.1, 0.15) is 0 Å². The van der Waals surface area contributed by atoms with Gasteiger partial charge in [-0.05, 0) is 12.1 Å². The summed E-state index contributed by atoms with van der Waals surface area (Å²) in [7, 11) is 0. The number of halogens is 3. The molecule has 1 aromatic rings. The predicted molar refractivity (Wildman–Crippen MR) is 44.7 cm³/mol. The highest BCUT2D eigenvalue weighted by Gasteiger charge is 2.42. The van der Waals surface area contributed by atoms with Crippen LogP contribution in [-0.4, -0.2) is 17.2 Å². The largest absolute Gasteiger partial charge is 0.501 e. The summed E-state index contributed by atoms with van der Waals surface area (Å²) in [6.07, 6.45) is -4.27. The fraction of sp³-hybridized carbons (Fsp3) is 0.125. The first-order chi connectivity index (χ1) is 6.43. The van der Waals surface area contributed by atoms with Crippen LogP contribution < -0.4 is 4.74 Å². The van der Waals surface area contributed by atoms with Crippen molar-refractivity contribution < 1.29 is 23.4 Å². The van der Waals surface area contributed by atoms with E-state index in [4.69, 9.17) is 16.7 Å². The first-order valence-corrected chi connectivity index (χ1v) is 3.86. The maximum Gasteiger partial charge on any atom is 0.501 e. The number of hydrogen-bond acceptors (Lipinski definition) is 2. The Hall–Kier alpha value is -1.36. The molecule has 14 heavy (non-hydrogen) atoms. The molecule has 0 aliphatic carbocycles. The zero-order valence-corrected chi connectivity index (χ0v) is 7.46. The minimum Gasteiger partial charge on any atom is -0.474 e. The molecule has 0 radical (unpaired) electrons. The molecule has 0 aliphatic heterocycles. The maximum absolute atomic E-state index is 12.5. The fourth-order valence-corrected chi connectivity index (χ4v) is 0.884. The van der Waals surface area contributed by atoms with Crippen LogP contribution in [-0.2, 0) is 4.79 Å². The highest BCUT2D eigenvalue weighted by molar-refractivity contribution is 6.32. The van der Waals surface area contributed by atoms with Crippen LogP contribution in [0.25, 0.3) is 0 Å². The van der Waals surface area contributed by atoms with Gasteiger partial charge in [-0.25, -0.2) is 4.79 Å². The molecule has 1 rings (SSSR count). The Morgan fingerprint density at radius 2 is 2.00 bits per heavy atom. The first kappa shape index (κ1) is 10.7. The van der Waals surface area contributed by atoms with E-state index in [0.29, 0.717) is 0 Å². The van der Waals surface area contributed by atoms with Crippen molar-refractivity contribution in [1.82, 2.24) is 0 Å². The van der Waals surface area contributed by atoms with E-state index < -0.39 is 12.1 Å². The number of para-hydroxylation sites is 1.